The number of nitriles is 1. The molecule has 8 nitrogen and oxygen atoms in total. The third-order valence-electron chi connectivity index (χ3n) is 4.99. The number of rotatable bonds is 2. The van der Waals surface area contributed by atoms with E-state index in [0.29, 0.717) is 28.5 Å². The zero-order chi connectivity index (χ0) is 20.1. The summed E-state index contributed by atoms with van der Waals surface area (Å²) in [5.74, 6) is -0.0964. The molecule has 0 radical (unpaired) electrons. The van der Waals surface area contributed by atoms with Crippen molar-refractivity contribution in [3.8, 4) is 16.5 Å². The molecule has 4 heterocycles. The second kappa shape index (κ2) is 6.70. The lowest BCUT2D eigenvalue weighted by atomic mass is 9.90. The van der Waals surface area contributed by atoms with Crippen LogP contribution in [0.1, 0.15) is 16.9 Å². The van der Waals surface area contributed by atoms with E-state index < -0.39 is 20.8 Å². The molecule has 2 aromatic rings. The van der Waals surface area contributed by atoms with Gasteiger partial charge in [-0.2, -0.15) is 5.26 Å². The van der Waals surface area contributed by atoms with Gasteiger partial charge in [0.15, 0.2) is 0 Å². The summed E-state index contributed by atoms with van der Waals surface area (Å²) in [4.78, 5) is 9.97. The third kappa shape index (κ3) is 2.78. The Balaban J connectivity index is 1.90. The minimum Gasteiger partial charge on any atom is -0.378 e. The van der Waals surface area contributed by atoms with Crippen LogP contribution in [0.25, 0.3) is 10.4 Å². The first kappa shape index (κ1) is 19.1. The third-order valence-corrected chi connectivity index (χ3v) is 9.05. The molecular weight excluding hydrogens is 422 g/mol. The van der Waals surface area contributed by atoms with Crippen molar-refractivity contribution in [2.75, 3.05) is 20.3 Å². The highest BCUT2D eigenvalue weighted by Gasteiger charge is 2.56. The Morgan fingerprint density at radius 2 is 2.25 bits per heavy atom. The van der Waals surface area contributed by atoms with Gasteiger partial charge in [-0.25, -0.2) is 17.7 Å². The molecule has 1 fully saturated rings. The first-order valence-electron chi connectivity index (χ1n) is 8.36. The van der Waals surface area contributed by atoms with E-state index in [0.717, 1.165) is 14.7 Å². The standard InChI is InChI=1S/C17H16ClN5O3S2/c1-23-16(20)22-17(9-26-3-2-14(17)28(23,24)25)15-12(18)5-13(27-15)11-4-10(6-19)7-21-8-11/h4-5,7-8,14H,2-3,9H2,1H3,(H2,20,22)/t14?,17-/m0/s1. The van der Waals surface area contributed by atoms with Crippen molar-refractivity contribution < 1.29 is 13.2 Å². The van der Waals surface area contributed by atoms with Crippen molar-refractivity contribution in [3.05, 3.63) is 40.0 Å². The maximum Gasteiger partial charge on any atom is 0.243 e. The maximum absolute atomic E-state index is 13.0. The van der Waals surface area contributed by atoms with E-state index in [2.05, 4.69) is 16.0 Å². The van der Waals surface area contributed by atoms with Gasteiger partial charge < -0.3 is 10.5 Å². The van der Waals surface area contributed by atoms with E-state index in [1.807, 2.05) is 0 Å². The summed E-state index contributed by atoms with van der Waals surface area (Å²) >= 11 is 7.86. The van der Waals surface area contributed by atoms with Crippen molar-refractivity contribution >= 4 is 38.9 Å². The minimum atomic E-state index is -3.71. The van der Waals surface area contributed by atoms with E-state index >= 15 is 0 Å². The first-order chi connectivity index (χ1) is 13.3. The van der Waals surface area contributed by atoms with Crippen LogP contribution in [0.15, 0.2) is 29.5 Å². The lowest BCUT2D eigenvalue weighted by Crippen LogP contribution is -2.60. The fourth-order valence-corrected chi connectivity index (χ4v) is 7.09. The molecule has 2 aliphatic heterocycles. The van der Waals surface area contributed by atoms with Crippen molar-refractivity contribution in [1.82, 2.24) is 9.29 Å². The second-order valence-electron chi connectivity index (χ2n) is 6.60. The van der Waals surface area contributed by atoms with Gasteiger partial charge in [0.25, 0.3) is 0 Å². The fraction of sp³-hybridized carbons (Fsp3) is 0.353. The Labute approximate surface area is 171 Å². The topological polar surface area (TPSA) is 122 Å². The van der Waals surface area contributed by atoms with Gasteiger partial charge in [-0.3, -0.25) is 4.98 Å². The molecule has 0 aliphatic carbocycles. The first-order valence-corrected chi connectivity index (χ1v) is 11.1. The van der Waals surface area contributed by atoms with Crippen LogP contribution in [0.2, 0.25) is 5.02 Å². The Kier molecular flexibility index (Phi) is 4.58. The molecule has 0 amide bonds. The molecule has 146 valence electrons. The van der Waals surface area contributed by atoms with Gasteiger partial charge >= 0.3 is 0 Å². The Hall–Kier alpha value is -2.19. The van der Waals surface area contributed by atoms with Gasteiger partial charge in [0.1, 0.15) is 16.9 Å². The Morgan fingerprint density at radius 1 is 1.46 bits per heavy atom. The average molecular weight is 438 g/mol. The quantitative estimate of drug-likeness (QED) is 0.765. The molecule has 0 spiro atoms. The van der Waals surface area contributed by atoms with Crippen LogP contribution in [0.3, 0.4) is 0 Å². The van der Waals surface area contributed by atoms with Gasteiger partial charge in [-0.1, -0.05) is 11.6 Å². The molecule has 2 aliphatic rings. The number of guanidine groups is 1. The molecule has 0 saturated carbocycles. The lowest BCUT2D eigenvalue weighted by molar-refractivity contribution is 0.0390. The number of halogens is 1. The van der Waals surface area contributed by atoms with Crippen molar-refractivity contribution in [1.29, 1.82) is 5.26 Å². The van der Waals surface area contributed by atoms with Crippen LogP contribution in [0, 0.1) is 11.3 Å². The zero-order valence-electron chi connectivity index (χ0n) is 14.8. The van der Waals surface area contributed by atoms with E-state index in [9.17, 15) is 8.42 Å². The number of pyridine rings is 1. The molecule has 2 atom stereocenters. The maximum atomic E-state index is 13.0. The predicted molar refractivity (Wildman–Crippen MR) is 106 cm³/mol. The fourth-order valence-electron chi connectivity index (χ4n) is 3.55. The van der Waals surface area contributed by atoms with Gasteiger partial charge in [0.2, 0.25) is 16.0 Å². The van der Waals surface area contributed by atoms with E-state index in [1.54, 1.807) is 18.3 Å². The monoisotopic (exact) mass is 437 g/mol. The number of hydrogen-bond donors (Lipinski definition) is 1. The number of hydrogen-bond acceptors (Lipinski definition) is 8. The molecule has 4 rings (SSSR count). The molecule has 2 N–H and O–H groups in total. The van der Waals surface area contributed by atoms with E-state index in [-0.39, 0.29) is 12.6 Å². The summed E-state index contributed by atoms with van der Waals surface area (Å²) < 4.78 is 32.7. The lowest BCUT2D eigenvalue weighted by Gasteiger charge is -2.45. The van der Waals surface area contributed by atoms with Gasteiger partial charge in [0.05, 0.1) is 22.1 Å². The summed E-state index contributed by atoms with van der Waals surface area (Å²) in [5, 5.41) is 8.67. The highest BCUT2D eigenvalue weighted by Crippen LogP contribution is 2.49. The minimum absolute atomic E-state index is 0.0710. The van der Waals surface area contributed by atoms with Gasteiger partial charge in [-0.15, -0.1) is 11.3 Å². The van der Waals surface area contributed by atoms with E-state index in [1.165, 1.54) is 24.6 Å². The normalized spacial score (nSPS) is 26.2. The highest BCUT2D eigenvalue weighted by molar-refractivity contribution is 7.90. The average Bonchev–Trinajstić information content (AvgIpc) is 3.09. The van der Waals surface area contributed by atoms with Crippen LogP contribution in [0.5, 0.6) is 0 Å². The number of nitrogens with zero attached hydrogens (tertiary/aromatic N) is 4. The number of thiophene rings is 1. The molecule has 0 aromatic carbocycles. The SMILES string of the molecule is CN1C(N)=N[C@@]2(c3sc(-c4cncc(C#N)c4)cc3Cl)COCCC2S1(=O)=O. The van der Waals surface area contributed by atoms with Crippen LogP contribution in [-0.2, 0) is 20.3 Å². The smallest absolute Gasteiger partial charge is 0.243 e. The molecule has 28 heavy (non-hydrogen) atoms. The molecule has 11 heteroatoms. The number of aromatic nitrogens is 1. The predicted octanol–water partition coefficient (Wildman–Crippen LogP) is 1.91. The molecule has 1 saturated heterocycles. The van der Waals surface area contributed by atoms with Crippen molar-refractivity contribution in [3.63, 3.8) is 0 Å². The summed E-state index contributed by atoms with van der Waals surface area (Å²) in [6.07, 6.45) is 3.39. The summed E-state index contributed by atoms with van der Waals surface area (Å²) in [7, 11) is -2.31. The second-order valence-corrected chi connectivity index (χ2v) is 10.2. The van der Waals surface area contributed by atoms with Gasteiger partial charge in [0, 0.05) is 36.5 Å². The van der Waals surface area contributed by atoms with Crippen LogP contribution >= 0.6 is 22.9 Å². The number of fused-ring (bicyclic) bond motifs is 1. The van der Waals surface area contributed by atoms with Crippen molar-refractivity contribution in [2.45, 2.75) is 17.2 Å². The summed E-state index contributed by atoms with van der Waals surface area (Å²) in [5.41, 5.74) is 5.88. The Morgan fingerprint density at radius 3 is 3.00 bits per heavy atom. The number of ether oxygens (including phenoxy) is 1. The molecular formula is C17H16ClN5O3S2. The van der Waals surface area contributed by atoms with Crippen LogP contribution < -0.4 is 5.73 Å². The number of nitrogens with two attached hydrogens (primary N) is 1. The number of sulfonamides is 1. The Bertz CT molecular complexity index is 1120. The molecule has 1 unspecified atom stereocenters. The summed E-state index contributed by atoms with van der Waals surface area (Å²) in [6.45, 7) is 0.389. The van der Waals surface area contributed by atoms with Crippen LogP contribution in [0.4, 0.5) is 0 Å². The molecule has 0 bridgehead atoms. The zero-order valence-corrected chi connectivity index (χ0v) is 17.2. The number of aliphatic imine (C=N–C) groups is 1. The summed E-state index contributed by atoms with van der Waals surface area (Å²) in [6, 6.07) is 5.49. The molecule has 2 aromatic heterocycles. The van der Waals surface area contributed by atoms with E-state index in [4.69, 9.17) is 27.3 Å². The highest BCUT2D eigenvalue weighted by atomic mass is 35.5. The largest absolute Gasteiger partial charge is 0.378 e. The van der Waals surface area contributed by atoms with Gasteiger partial charge in [-0.05, 0) is 18.6 Å². The van der Waals surface area contributed by atoms with Crippen molar-refractivity contribution in [2.24, 2.45) is 10.7 Å². The van der Waals surface area contributed by atoms with Crippen LogP contribution in [-0.4, -0.2) is 49.2 Å².